The van der Waals surface area contributed by atoms with E-state index in [1.807, 2.05) is 0 Å². The molecule has 0 aromatic heterocycles. The van der Waals surface area contributed by atoms with Crippen molar-refractivity contribution in [2.45, 2.75) is 0 Å². The Balaban J connectivity index is 2.50. The van der Waals surface area contributed by atoms with Gasteiger partial charge in [0, 0.05) is 6.08 Å². The van der Waals surface area contributed by atoms with Crippen molar-refractivity contribution < 1.29 is 13.6 Å². The van der Waals surface area contributed by atoms with Crippen LogP contribution in [0.15, 0.2) is 54.6 Å². The van der Waals surface area contributed by atoms with Crippen molar-refractivity contribution in [1.29, 1.82) is 0 Å². The molecule has 4 heteroatoms. The van der Waals surface area contributed by atoms with E-state index in [1.54, 1.807) is 0 Å². The van der Waals surface area contributed by atoms with E-state index in [0.29, 0.717) is 16.7 Å². The van der Waals surface area contributed by atoms with E-state index in [4.69, 9.17) is 5.73 Å². The minimum atomic E-state index is -0.622. The van der Waals surface area contributed by atoms with E-state index >= 15 is 0 Å². The molecule has 0 atom stereocenters. The topological polar surface area (TPSA) is 43.1 Å². The van der Waals surface area contributed by atoms with Crippen molar-refractivity contribution in [2.24, 2.45) is 5.73 Å². The molecule has 0 aliphatic rings. The normalized spacial score (nSPS) is 10.0. The first kappa shape index (κ1) is 13.0. The number of primary amides is 1. The van der Waals surface area contributed by atoms with Crippen LogP contribution in [0.25, 0.3) is 5.57 Å². The van der Waals surface area contributed by atoms with E-state index in [-0.39, 0.29) is 11.6 Å². The predicted molar refractivity (Wildman–Crippen MR) is 69.1 cm³/mol. The molecule has 2 N–H and O–H groups in total. The van der Waals surface area contributed by atoms with Crippen molar-refractivity contribution in [2.75, 3.05) is 0 Å². The zero-order valence-corrected chi connectivity index (χ0v) is 9.94. The molecular weight excluding hydrogens is 248 g/mol. The van der Waals surface area contributed by atoms with Gasteiger partial charge in [-0.15, -0.1) is 0 Å². The smallest absolute Gasteiger partial charge is 0.242 e. The maximum atomic E-state index is 12.9. The molecule has 2 nitrogen and oxygen atoms in total. The largest absolute Gasteiger partial charge is 0.366 e. The highest BCUT2D eigenvalue weighted by molar-refractivity contribution is 5.98. The molecule has 0 heterocycles. The molecule has 0 radical (unpaired) electrons. The molecule has 0 fully saturated rings. The van der Waals surface area contributed by atoms with Crippen LogP contribution in [0.1, 0.15) is 11.1 Å². The number of halogens is 2. The Kier molecular flexibility index (Phi) is 3.71. The van der Waals surface area contributed by atoms with Crippen LogP contribution in [0.3, 0.4) is 0 Å². The second-order valence-corrected chi connectivity index (χ2v) is 3.97. The fourth-order valence-electron chi connectivity index (χ4n) is 1.73. The van der Waals surface area contributed by atoms with Gasteiger partial charge in [-0.1, -0.05) is 24.3 Å². The number of hydrogen-bond acceptors (Lipinski definition) is 1. The lowest BCUT2D eigenvalue weighted by Crippen LogP contribution is -2.07. The molecule has 0 unspecified atom stereocenters. The number of nitrogens with two attached hydrogens (primary N) is 1. The molecule has 0 saturated carbocycles. The lowest BCUT2D eigenvalue weighted by molar-refractivity contribution is -0.113. The summed E-state index contributed by atoms with van der Waals surface area (Å²) in [5, 5.41) is 0. The molecule has 96 valence electrons. The van der Waals surface area contributed by atoms with Gasteiger partial charge in [0.25, 0.3) is 0 Å². The molecule has 0 spiro atoms. The van der Waals surface area contributed by atoms with Crippen LogP contribution < -0.4 is 5.73 Å². The maximum Gasteiger partial charge on any atom is 0.242 e. The second-order valence-electron chi connectivity index (χ2n) is 3.97. The van der Waals surface area contributed by atoms with E-state index in [9.17, 15) is 13.6 Å². The van der Waals surface area contributed by atoms with Crippen LogP contribution in [0, 0.1) is 11.6 Å². The summed E-state index contributed by atoms with van der Waals surface area (Å²) in [5.41, 5.74) is 6.95. The van der Waals surface area contributed by atoms with Crippen LogP contribution in [0.5, 0.6) is 0 Å². The molecule has 2 aromatic carbocycles. The lowest BCUT2D eigenvalue weighted by atomic mass is 9.97. The zero-order chi connectivity index (χ0) is 13.8. The van der Waals surface area contributed by atoms with E-state index in [1.165, 1.54) is 54.6 Å². The van der Waals surface area contributed by atoms with Crippen LogP contribution in [-0.2, 0) is 4.79 Å². The van der Waals surface area contributed by atoms with Gasteiger partial charge in [0.05, 0.1) is 0 Å². The zero-order valence-electron chi connectivity index (χ0n) is 9.94. The quantitative estimate of drug-likeness (QED) is 0.846. The van der Waals surface area contributed by atoms with Crippen molar-refractivity contribution in [3.8, 4) is 0 Å². The van der Waals surface area contributed by atoms with Gasteiger partial charge in [-0.3, -0.25) is 4.79 Å². The first-order valence-corrected chi connectivity index (χ1v) is 5.59. The summed E-state index contributed by atoms with van der Waals surface area (Å²) >= 11 is 0. The Labute approximate surface area is 109 Å². The minimum absolute atomic E-state index is 0.374. The highest BCUT2D eigenvalue weighted by atomic mass is 19.1. The fourth-order valence-corrected chi connectivity index (χ4v) is 1.73. The van der Waals surface area contributed by atoms with Crippen LogP contribution >= 0.6 is 0 Å². The van der Waals surface area contributed by atoms with Gasteiger partial charge < -0.3 is 5.73 Å². The lowest BCUT2D eigenvalue weighted by Gasteiger charge is -2.08. The number of carbonyl (C=O) groups is 1. The molecule has 1 amide bonds. The van der Waals surface area contributed by atoms with E-state index in [0.717, 1.165) is 0 Å². The first-order valence-electron chi connectivity index (χ1n) is 5.59. The number of carbonyl (C=O) groups excluding carboxylic acids is 1. The third kappa shape index (κ3) is 3.25. The van der Waals surface area contributed by atoms with Gasteiger partial charge in [-0.2, -0.15) is 0 Å². The summed E-state index contributed by atoms with van der Waals surface area (Å²) in [6, 6.07) is 11.3. The van der Waals surface area contributed by atoms with Crippen molar-refractivity contribution in [3.05, 3.63) is 77.4 Å². The molecule has 0 aliphatic carbocycles. The third-order valence-electron chi connectivity index (χ3n) is 2.60. The summed E-state index contributed by atoms with van der Waals surface area (Å²) in [6.45, 7) is 0. The molecule has 0 bridgehead atoms. The van der Waals surface area contributed by atoms with E-state index in [2.05, 4.69) is 0 Å². The highest BCUT2D eigenvalue weighted by Crippen LogP contribution is 2.23. The van der Waals surface area contributed by atoms with E-state index < -0.39 is 5.91 Å². The first-order chi connectivity index (χ1) is 9.06. The van der Waals surface area contributed by atoms with Gasteiger partial charge in [0.2, 0.25) is 5.91 Å². The van der Waals surface area contributed by atoms with Crippen LogP contribution in [0.2, 0.25) is 0 Å². The average molecular weight is 259 g/mol. The Morgan fingerprint density at radius 3 is 1.53 bits per heavy atom. The molecular formula is C15H11F2NO. The van der Waals surface area contributed by atoms with Crippen molar-refractivity contribution in [1.82, 2.24) is 0 Å². The van der Waals surface area contributed by atoms with Crippen LogP contribution in [0.4, 0.5) is 8.78 Å². The standard InChI is InChI=1S/C15H11F2NO/c16-12-5-1-10(2-6-12)14(9-15(18)19)11-3-7-13(17)8-4-11/h1-9H,(H2,18,19). The number of rotatable bonds is 3. The summed E-state index contributed by atoms with van der Waals surface area (Å²) < 4.78 is 25.8. The molecule has 19 heavy (non-hydrogen) atoms. The second kappa shape index (κ2) is 5.44. The third-order valence-corrected chi connectivity index (χ3v) is 2.60. The number of amides is 1. The Hall–Kier alpha value is -2.49. The van der Waals surface area contributed by atoms with Crippen molar-refractivity contribution in [3.63, 3.8) is 0 Å². The SMILES string of the molecule is NC(=O)C=C(c1ccc(F)cc1)c1ccc(F)cc1. The highest BCUT2D eigenvalue weighted by Gasteiger charge is 2.07. The fraction of sp³-hybridized carbons (Fsp3) is 0. The maximum absolute atomic E-state index is 12.9. The van der Waals surface area contributed by atoms with Crippen molar-refractivity contribution >= 4 is 11.5 Å². The summed E-state index contributed by atoms with van der Waals surface area (Å²) in [5.74, 6) is -1.37. The van der Waals surface area contributed by atoms with Gasteiger partial charge in [0.1, 0.15) is 11.6 Å². The summed E-state index contributed by atoms with van der Waals surface area (Å²) in [4.78, 5) is 11.1. The monoisotopic (exact) mass is 259 g/mol. The summed E-state index contributed by atoms with van der Waals surface area (Å²) in [7, 11) is 0. The molecule has 2 rings (SSSR count). The van der Waals surface area contributed by atoms with Gasteiger partial charge in [-0.05, 0) is 41.0 Å². The minimum Gasteiger partial charge on any atom is -0.366 e. The van der Waals surface area contributed by atoms with Gasteiger partial charge in [-0.25, -0.2) is 8.78 Å². The van der Waals surface area contributed by atoms with Crippen LogP contribution in [-0.4, -0.2) is 5.91 Å². The number of benzene rings is 2. The van der Waals surface area contributed by atoms with Gasteiger partial charge in [0.15, 0.2) is 0 Å². The Bertz CT molecular complexity index is 568. The Morgan fingerprint density at radius 2 is 1.21 bits per heavy atom. The molecule has 2 aromatic rings. The molecule has 0 aliphatic heterocycles. The van der Waals surface area contributed by atoms with Gasteiger partial charge >= 0.3 is 0 Å². The Morgan fingerprint density at radius 1 is 0.842 bits per heavy atom. The predicted octanol–water partition coefficient (Wildman–Crippen LogP) is 2.88. The molecule has 0 saturated heterocycles. The summed E-state index contributed by atoms with van der Waals surface area (Å²) in [6.07, 6.45) is 1.24. The average Bonchev–Trinajstić information content (AvgIpc) is 2.38. The number of hydrogen-bond donors (Lipinski definition) is 1.